The molecule has 1 aromatic rings. The molecule has 0 aromatic carbocycles. The first kappa shape index (κ1) is 12.2. The van der Waals surface area contributed by atoms with E-state index in [0.717, 1.165) is 11.3 Å². The number of hydrogen-bond donors (Lipinski definition) is 1. The van der Waals surface area contributed by atoms with Gasteiger partial charge in [0.25, 0.3) is 0 Å². The molecule has 0 bridgehead atoms. The number of nitrogens with zero attached hydrogens (tertiary/aromatic N) is 2. The summed E-state index contributed by atoms with van der Waals surface area (Å²) in [7, 11) is 0. The zero-order valence-electron chi connectivity index (χ0n) is 10.2. The van der Waals surface area contributed by atoms with Crippen molar-refractivity contribution in [3.63, 3.8) is 0 Å². The predicted molar refractivity (Wildman–Crippen MR) is 63.9 cm³/mol. The molecule has 0 saturated heterocycles. The normalized spacial score (nSPS) is 15.6. The summed E-state index contributed by atoms with van der Waals surface area (Å²) in [6, 6.07) is 0. The summed E-state index contributed by atoms with van der Waals surface area (Å²) in [6.07, 6.45) is 0.415. The van der Waals surface area contributed by atoms with Crippen LogP contribution in [-0.2, 0) is 17.7 Å². The van der Waals surface area contributed by atoms with Gasteiger partial charge in [0.2, 0.25) is 0 Å². The van der Waals surface area contributed by atoms with Gasteiger partial charge >= 0.3 is 6.09 Å². The number of aromatic amines is 1. The smallest absolute Gasteiger partial charge is 0.410 e. The van der Waals surface area contributed by atoms with Crippen molar-refractivity contribution < 1.29 is 9.53 Å². The van der Waals surface area contributed by atoms with Crippen molar-refractivity contribution >= 4 is 17.7 Å². The van der Waals surface area contributed by atoms with Gasteiger partial charge in [0, 0.05) is 12.1 Å². The minimum Gasteiger partial charge on any atom is -0.444 e. The summed E-state index contributed by atoms with van der Waals surface area (Å²) in [5.41, 5.74) is 1.43. The van der Waals surface area contributed by atoms with Crippen LogP contribution in [0.15, 0.2) is 0 Å². The number of fused-ring (bicyclic) bond motifs is 1. The summed E-state index contributed by atoms with van der Waals surface area (Å²) in [4.78, 5) is 13.5. The molecular formula is C11H16ClN3O2. The van der Waals surface area contributed by atoms with E-state index in [1.807, 2.05) is 20.8 Å². The molecule has 5 nitrogen and oxygen atoms in total. The standard InChI is InChI=1S/C11H16ClN3O2/c1-11(2,3)17-10(16)15-5-4-7-8(6-15)13-14-9(7)12/h4-6H2,1-3H3,(H,13,14). The van der Waals surface area contributed by atoms with Crippen molar-refractivity contribution in [3.8, 4) is 0 Å². The molecule has 1 aromatic heterocycles. The fraction of sp³-hybridized carbons (Fsp3) is 0.636. The van der Waals surface area contributed by atoms with Crippen LogP contribution in [0, 0.1) is 0 Å². The maximum atomic E-state index is 11.9. The van der Waals surface area contributed by atoms with Crippen molar-refractivity contribution in [1.29, 1.82) is 0 Å². The van der Waals surface area contributed by atoms with Crippen molar-refractivity contribution in [1.82, 2.24) is 15.1 Å². The molecule has 0 aliphatic carbocycles. The topological polar surface area (TPSA) is 58.2 Å². The number of ether oxygens (including phenoxy) is 1. The molecule has 0 saturated carbocycles. The third kappa shape index (κ3) is 2.72. The van der Waals surface area contributed by atoms with E-state index in [-0.39, 0.29) is 6.09 Å². The fourth-order valence-electron chi connectivity index (χ4n) is 1.76. The lowest BCUT2D eigenvalue weighted by Gasteiger charge is -2.29. The average Bonchev–Trinajstić information content (AvgIpc) is 2.57. The van der Waals surface area contributed by atoms with Gasteiger partial charge in [-0.05, 0) is 27.2 Å². The highest BCUT2D eigenvalue weighted by molar-refractivity contribution is 6.30. The molecule has 2 rings (SSSR count). The molecule has 2 heterocycles. The predicted octanol–water partition coefficient (Wildman–Crippen LogP) is 2.36. The van der Waals surface area contributed by atoms with Crippen molar-refractivity contribution in [2.75, 3.05) is 6.54 Å². The van der Waals surface area contributed by atoms with Gasteiger partial charge in [0.15, 0.2) is 5.15 Å². The summed E-state index contributed by atoms with van der Waals surface area (Å²) >= 11 is 5.91. The number of amides is 1. The lowest BCUT2D eigenvalue weighted by atomic mass is 10.1. The van der Waals surface area contributed by atoms with Crippen LogP contribution in [0.4, 0.5) is 4.79 Å². The molecule has 1 amide bonds. The molecule has 0 atom stereocenters. The van der Waals surface area contributed by atoms with E-state index >= 15 is 0 Å². The highest BCUT2D eigenvalue weighted by Gasteiger charge is 2.27. The van der Waals surface area contributed by atoms with Crippen LogP contribution in [0.3, 0.4) is 0 Å². The van der Waals surface area contributed by atoms with Gasteiger partial charge in [0.05, 0.1) is 12.2 Å². The van der Waals surface area contributed by atoms with Gasteiger partial charge < -0.3 is 9.64 Å². The number of nitrogens with one attached hydrogen (secondary N) is 1. The Morgan fingerprint density at radius 3 is 2.88 bits per heavy atom. The molecular weight excluding hydrogens is 242 g/mol. The number of hydrogen-bond acceptors (Lipinski definition) is 3. The Bertz CT molecular complexity index is 436. The maximum Gasteiger partial charge on any atom is 0.410 e. The van der Waals surface area contributed by atoms with Gasteiger partial charge in [-0.2, -0.15) is 5.10 Å². The molecule has 0 unspecified atom stereocenters. The number of aromatic nitrogens is 2. The molecule has 17 heavy (non-hydrogen) atoms. The Hall–Kier alpha value is -1.23. The summed E-state index contributed by atoms with van der Waals surface area (Å²) in [6.45, 7) is 6.65. The van der Waals surface area contributed by atoms with E-state index in [0.29, 0.717) is 24.7 Å². The number of carbonyl (C=O) groups is 1. The second-order valence-corrected chi connectivity index (χ2v) is 5.48. The van der Waals surface area contributed by atoms with Crippen LogP contribution in [0.25, 0.3) is 0 Å². The average molecular weight is 258 g/mol. The highest BCUT2D eigenvalue weighted by Crippen LogP contribution is 2.24. The molecule has 0 fully saturated rings. The van der Waals surface area contributed by atoms with E-state index in [2.05, 4.69) is 10.2 Å². The molecule has 1 aliphatic heterocycles. The number of halogens is 1. The SMILES string of the molecule is CC(C)(C)OC(=O)N1CCc2c(Cl)n[nH]c2C1. The number of rotatable bonds is 0. The number of carbonyl (C=O) groups excluding carboxylic acids is 1. The molecule has 1 aliphatic rings. The lowest BCUT2D eigenvalue weighted by molar-refractivity contribution is 0.0221. The van der Waals surface area contributed by atoms with Crippen LogP contribution >= 0.6 is 11.6 Å². The quantitative estimate of drug-likeness (QED) is 0.776. The minimum absolute atomic E-state index is 0.297. The summed E-state index contributed by atoms with van der Waals surface area (Å²) < 4.78 is 5.32. The van der Waals surface area contributed by atoms with Crippen LogP contribution in [0.1, 0.15) is 32.0 Å². The molecule has 0 radical (unpaired) electrons. The largest absolute Gasteiger partial charge is 0.444 e. The summed E-state index contributed by atoms with van der Waals surface area (Å²) in [5, 5.41) is 7.27. The van der Waals surface area contributed by atoms with Gasteiger partial charge in [0.1, 0.15) is 5.60 Å². The second kappa shape index (κ2) is 4.22. The van der Waals surface area contributed by atoms with E-state index in [1.54, 1.807) is 4.90 Å². The van der Waals surface area contributed by atoms with E-state index in [9.17, 15) is 4.79 Å². The first-order chi connectivity index (χ1) is 7.87. The van der Waals surface area contributed by atoms with E-state index in [4.69, 9.17) is 16.3 Å². The van der Waals surface area contributed by atoms with Crippen LogP contribution < -0.4 is 0 Å². The highest BCUT2D eigenvalue weighted by atomic mass is 35.5. The monoisotopic (exact) mass is 257 g/mol. The van der Waals surface area contributed by atoms with Crippen LogP contribution in [0.5, 0.6) is 0 Å². The summed E-state index contributed by atoms with van der Waals surface area (Å²) in [5.74, 6) is 0. The lowest BCUT2D eigenvalue weighted by Crippen LogP contribution is -2.39. The Morgan fingerprint density at radius 2 is 2.24 bits per heavy atom. The van der Waals surface area contributed by atoms with E-state index < -0.39 is 5.60 Å². The second-order valence-electron chi connectivity index (χ2n) is 5.12. The molecule has 1 N–H and O–H groups in total. The van der Waals surface area contributed by atoms with Crippen molar-refractivity contribution in [3.05, 3.63) is 16.4 Å². The van der Waals surface area contributed by atoms with Crippen molar-refractivity contribution in [2.24, 2.45) is 0 Å². The minimum atomic E-state index is -0.469. The van der Waals surface area contributed by atoms with Gasteiger partial charge in [-0.1, -0.05) is 11.6 Å². The maximum absolute atomic E-state index is 11.9. The molecule has 94 valence electrons. The Kier molecular flexibility index (Phi) is 3.03. The number of H-pyrrole nitrogens is 1. The van der Waals surface area contributed by atoms with Crippen LogP contribution in [0.2, 0.25) is 5.15 Å². The van der Waals surface area contributed by atoms with Gasteiger partial charge in [-0.15, -0.1) is 0 Å². The first-order valence-corrected chi connectivity index (χ1v) is 5.94. The van der Waals surface area contributed by atoms with Crippen LogP contribution in [-0.4, -0.2) is 33.3 Å². The zero-order chi connectivity index (χ0) is 12.6. The Labute approximate surface area is 105 Å². The fourth-order valence-corrected chi connectivity index (χ4v) is 2.01. The third-order valence-electron chi connectivity index (χ3n) is 2.53. The van der Waals surface area contributed by atoms with Gasteiger partial charge in [-0.3, -0.25) is 5.10 Å². The third-order valence-corrected chi connectivity index (χ3v) is 2.85. The molecule has 0 spiro atoms. The van der Waals surface area contributed by atoms with E-state index in [1.165, 1.54) is 0 Å². The Balaban J connectivity index is 2.05. The van der Waals surface area contributed by atoms with Gasteiger partial charge in [-0.25, -0.2) is 4.79 Å². The first-order valence-electron chi connectivity index (χ1n) is 5.56. The zero-order valence-corrected chi connectivity index (χ0v) is 11.0. The molecule has 6 heteroatoms. The van der Waals surface area contributed by atoms with Crippen molar-refractivity contribution in [2.45, 2.75) is 39.3 Å². The Morgan fingerprint density at radius 1 is 1.53 bits per heavy atom.